The molecule has 0 saturated heterocycles. The highest BCUT2D eigenvalue weighted by molar-refractivity contribution is 7.92. The highest BCUT2D eigenvalue weighted by atomic mass is 35.5. The molecule has 208 valence electrons. The van der Waals surface area contributed by atoms with E-state index in [2.05, 4.69) is 5.32 Å². The molecule has 0 fully saturated rings. The van der Waals surface area contributed by atoms with E-state index < -0.39 is 28.5 Å². The summed E-state index contributed by atoms with van der Waals surface area (Å²) in [6.07, 6.45) is 1.04. The maximum absolute atomic E-state index is 14.0. The fraction of sp³-hybridized carbons (Fsp3) is 0.310. The molecule has 3 aromatic carbocycles. The molecule has 0 radical (unpaired) electrons. The molecule has 2 amide bonds. The Morgan fingerprint density at radius 2 is 1.56 bits per heavy atom. The van der Waals surface area contributed by atoms with Crippen molar-refractivity contribution in [1.29, 1.82) is 0 Å². The minimum absolute atomic E-state index is 0.0250. The minimum atomic E-state index is -4.16. The zero-order valence-electron chi connectivity index (χ0n) is 22.2. The van der Waals surface area contributed by atoms with Gasteiger partial charge in [0.1, 0.15) is 12.6 Å². The van der Waals surface area contributed by atoms with E-state index in [0.29, 0.717) is 22.0 Å². The fourth-order valence-corrected chi connectivity index (χ4v) is 5.86. The third-order valence-corrected chi connectivity index (χ3v) is 8.78. The summed E-state index contributed by atoms with van der Waals surface area (Å²) in [5.74, 6) is -0.868. The van der Waals surface area contributed by atoms with Gasteiger partial charge in [0.05, 0.1) is 10.6 Å². The average molecular weight is 591 g/mol. The Bertz CT molecular complexity index is 1390. The lowest BCUT2D eigenvalue weighted by atomic mass is 10.1. The summed E-state index contributed by atoms with van der Waals surface area (Å²) in [5.41, 5.74) is 0.872. The Labute approximate surface area is 240 Å². The van der Waals surface area contributed by atoms with Gasteiger partial charge in [0.15, 0.2) is 0 Å². The average Bonchev–Trinajstić information content (AvgIpc) is 2.92. The maximum Gasteiger partial charge on any atom is 0.264 e. The van der Waals surface area contributed by atoms with Crippen molar-refractivity contribution >= 4 is 50.7 Å². The maximum atomic E-state index is 14.0. The van der Waals surface area contributed by atoms with Gasteiger partial charge >= 0.3 is 0 Å². The molecule has 0 aliphatic carbocycles. The Balaban J connectivity index is 2.06. The molecule has 0 aliphatic rings. The SMILES string of the molecule is CC[C@H](C)NC(=O)[C@H](CC)N(Cc1ccccc1Cl)C(=O)CN(c1cccc(Cl)c1)S(=O)(=O)c1ccccc1. The predicted molar refractivity (Wildman–Crippen MR) is 156 cm³/mol. The van der Waals surface area contributed by atoms with Crippen LogP contribution in [0, 0.1) is 0 Å². The highest BCUT2D eigenvalue weighted by Gasteiger charge is 2.34. The number of carbonyl (C=O) groups is 2. The van der Waals surface area contributed by atoms with Crippen LogP contribution in [0.4, 0.5) is 5.69 Å². The van der Waals surface area contributed by atoms with Gasteiger partial charge < -0.3 is 10.2 Å². The van der Waals surface area contributed by atoms with Gasteiger partial charge in [-0.05, 0) is 61.7 Å². The first-order valence-electron chi connectivity index (χ1n) is 12.7. The summed E-state index contributed by atoms with van der Waals surface area (Å²) in [5, 5.41) is 3.71. The summed E-state index contributed by atoms with van der Waals surface area (Å²) in [6.45, 7) is 5.13. The molecule has 0 aromatic heterocycles. The number of hydrogen-bond acceptors (Lipinski definition) is 4. The van der Waals surface area contributed by atoms with Crippen LogP contribution in [0.15, 0.2) is 83.8 Å². The first kappa shape index (κ1) is 30.5. The summed E-state index contributed by atoms with van der Waals surface area (Å²) < 4.78 is 28.6. The monoisotopic (exact) mass is 589 g/mol. The van der Waals surface area contributed by atoms with Gasteiger partial charge in [-0.3, -0.25) is 13.9 Å². The van der Waals surface area contributed by atoms with Gasteiger partial charge in [-0.2, -0.15) is 0 Å². The van der Waals surface area contributed by atoms with Crippen LogP contribution >= 0.6 is 23.2 Å². The number of nitrogens with zero attached hydrogens (tertiary/aromatic N) is 2. The molecular weight excluding hydrogens is 557 g/mol. The molecule has 0 saturated carbocycles. The Kier molecular flexibility index (Phi) is 10.8. The lowest BCUT2D eigenvalue weighted by molar-refractivity contribution is -0.140. The number of halogens is 2. The summed E-state index contributed by atoms with van der Waals surface area (Å²) in [7, 11) is -4.16. The molecule has 0 aliphatic heterocycles. The molecule has 3 aromatic rings. The smallest absolute Gasteiger partial charge is 0.264 e. The highest BCUT2D eigenvalue weighted by Crippen LogP contribution is 2.27. The zero-order valence-corrected chi connectivity index (χ0v) is 24.5. The van der Waals surface area contributed by atoms with Crippen molar-refractivity contribution in [2.45, 2.75) is 57.1 Å². The predicted octanol–water partition coefficient (Wildman–Crippen LogP) is 5.91. The van der Waals surface area contributed by atoms with E-state index in [4.69, 9.17) is 23.2 Å². The number of nitrogens with one attached hydrogen (secondary N) is 1. The fourth-order valence-electron chi connectivity index (χ4n) is 4.05. The van der Waals surface area contributed by atoms with Crippen molar-refractivity contribution in [1.82, 2.24) is 10.2 Å². The second-order valence-electron chi connectivity index (χ2n) is 9.16. The summed E-state index contributed by atoms with van der Waals surface area (Å²) in [6, 6.07) is 20.3. The number of amides is 2. The van der Waals surface area contributed by atoms with E-state index in [-0.39, 0.29) is 29.1 Å². The van der Waals surface area contributed by atoms with Crippen LogP contribution in [-0.2, 0) is 26.2 Å². The molecule has 1 N–H and O–H groups in total. The van der Waals surface area contributed by atoms with E-state index in [1.807, 2.05) is 20.8 Å². The van der Waals surface area contributed by atoms with Gasteiger partial charge in [-0.1, -0.05) is 79.5 Å². The lowest BCUT2D eigenvalue weighted by Gasteiger charge is -2.34. The number of sulfonamides is 1. The van der Waals surface area contributed by atoms with Crippen molar-refractivity contribution in [3.8, 4) is 0 Å². The van der Waals surface area contributed by atoms with Crippen molar-refractivity contribution in [3.05, 3.63) is 94.5 Å². The molecule has 0 spiro atoms. The number of carbonyl (C=O) groups excluding carboxylic acids is 2. The van der Waals surface area contributed by atoms with Crippen LogP contribution in [0.1, 0.15) is 39.2 Å². The van der Waals surface area contributed by atoms with E-state index in [1.165, 1.54) is 23.1 Å². The molecule has 10 heteroatoms. The van der Waals surface area contributed by atoms with Gasteiger partial charge in [0, 0.05) is 22.6 Å². The first-order chi connectivity index (χ1) is 18.6. The third kappa shape index (κ3) is 7.75. The van der Waals surface area contributed by atoms with Crippen LogP contribution in [0.25, 0.3) is 0 Å². The molecule has 39 heavy (non-hydrogen) atoms. The normalized spacial score (nSPS) is 12.8. The van der Waals surface area contributed by atoms with E-state index in [1.54, 1.807) is 60.7 Å². The minimum Gasteiger partial charge on any atom is -0.352 e. The van der Waals surface area contributed by atoms with Crippen LogP contribution in [-0.4, -0.2) is 43.8 Å². The van der Waals surface area contributed by atoms with Crippen LogP contribution in [0.5, 0.6) is 0 Å². The largest absolute Gasteiger partial charge is 0.352 e. The number of hydrogen-bond donors (Lipinski definition) is 1. The number of anilines is 1. The van der Waals surface area contributed by atoms with Crippen LogP contribution in [0.3, 0.4) is 0 Å². The lowest BCUT2D eigenvalue weighted by Crippen LogP contribution is -2.53. The van der Waals surface area contributed by atoms with Crippen molar-refractivity contribution < 1.29 is 18.0 Å². The van der Waals surface area contributed by atoms with Crippen LogP contribution < -0.4 is 9.62 Å². The third-order valence-electron chi connectivity index (χ3n) is 6.39. The Hall–Kier alpha value is -3.07. The van der Waals surface area contributed by atoms with Gasteiger partial charge in [-0.15, -0.1) is 0 Å². The molecule has 0 bridgehead atoms. The second-order valence-corrected chi connectivity index (χ2v) is 11.9. The zero-order chi connectivity index (χ0) is 28.6. The standard InChI is InChI=1S/C29H33Cl2N3O4S/c1-4-21(3)32-29(36)27(5-2)33(19-22-12-9-10-17-26(22)31)28(35)20-34(24-14-11-13-23(30)18-24)39(37,38)25-15-7-6-8-16-25/h6-18,21,27H,4-5,19-20H2,1-3H3,(H,32,36)/t21-,27-/m0/s1. The van der Waals surface area contributed by atoms with Gasteiger partial charge in [0.25, 0.3) is 10.0 Å². The number of rotatable bonds is 12. The van der Waals surface area contributed by atoms with Gasteiger partial charge in [0.2, 0.25) is 11.8 Å². The van der Waals surface area contributed by atoms with Crippen molar-refractivity contribution in [3.63, 3.8) is 0 Å². The number of benzene rings is 3. The molecule has 3 rings (SSSR count). The molecule has 0 unspecified atom stereocenters. The summed E-state index contributed by atoms with van der Waals surface area (Å²) in [4.78, 5) is 28.8. The Morgan fingerprint density at radius 3 is 2.18 bits per heavy atom. The molecule has 2 atom stereocenters. The topological polar surface area (TPSA) is 86.8 Å². The van der Waals surface area contributed by atoms with Crippen LogP contribution in [0.2, 0.25) is 10.0 Å². The van der Waals surface area contributed by atoms with Crippen molar-refractivity contribution in [2.24, 2.45) is 0 Å². The van der Waals surface area contributed by atoms with E-state index in [9.17, 15) is 18.0 Å². The molecule has 7 nitrogen and oxygen atoms in total. The second kappa shape index (κ2) is 13.8. The van der Waals surface area contributed by atoms with E-state index >= 15 is 0 Å². The quantitative estimate of drug-likeness (QED) is 0.284. The van der Waals surface area contributed by atoms with E-state index in [0.717, 1.165) is 10.7 Å². The Morgan fingerprint density at radius 1 is 0.897 bits per heavy atom. The van der Waals surface area contributed by atoms with Gasteiger partial charge in [-0.25, -0.2) is 8.42 Å². The molecular formula is C29H33Cl2N3O4S. The molecule has 0 heterocycles. The van der Waals surface area contributed by atoms with Crippen molar-refractivity contribution in [2.75, 3.05) is 10.8 Å². The summed E-state index contributed by atoms with van der Waals surface area (Å²) >= 11 is 12.6. The first-order valence-corrected chi connectivity index (χ1v) is 14.9.